The van der Waals surface area contributed by atoms with Crippen LogP contribution in [0.1, 0.15) is 73.7 Å². The molecule has 176 valence electrons. The Morgan fingerprint density at radius 1 is 1.27 bits per heavy atom. The van der Waals surface area contributed by atoms with Gasteiger partial charge in [-0.05, 0) is 70.2 Å². The molecule has 3 aliphatic rings. The maximum atomic E-state index is 13.4. The highest BCUT2D eigenvalue weighted by Crippen LogP contribution is 2.52. The molecule has 2 fully saturated rings. The van der Waals surface area contributed by atoms with Crippen molar-refractivity contribution in [3.63, 3.8) is 0 Å². The summed E-state index contributed by atoms with van der Waals surface area (Å²) in [4.78, 5) is 27.2. The fourth-order valence-corrected chi connectivity index (χ4v) is 5.86. The summed E-state index contributed by atoms with van der Waals surface area (Å²) >= 11 is 8.32. The average molecular weight is 490 g/mol. The first-order valence-electron chi connectivity index (χ1n) is 11.6. The third-order valence-corrected chi connectivity index (χ3v) is 7.71. The number of aromatic nitrogens is 1. The third kappa shape index (κ3) is 4.43. The van der Waals surface area contributed by atoms with Gasteiger partial charge >= 0.3 is 5.97 Å². The second kappa shape index (κ2) is 9.01. The number of ether oxygens (including phenoxy) is 3. The third-order valence-electron chi connectivity index (χ3n) is 6.22. The van der Waals surface area contributed by atoms with Gasteiger partial charge in [0, 0.05) is 28.4 Å². The van der Waals surface area contributed by atoms with Crippen LogP contribution in [-0.2, 0) is 9.47 Å². The number of thioether (sulfide) groups is 1. The summed E-state index contributed by atoms with van der Waals surface area (Å²) < 4.78 is 18.8. The normalized spacial score (nSPS) is 21.6. The molecule has 8 heteroatoms. The number of halogens is 1. The van der Waals surface area contributed by atoms with Gasteiger partial charge in [0.1, 0.15) is 17.9 Å². The number of carbonyl (C=O) groups excluding carboxylic acids is 1. The van der Waals surface area contributed by atoms with Crippen LogP contribution in [0.2, 0.25) is 5.02 Å². The first-order valence-corrected chi connectivity index (χ1v) is 12.8. The first-order chi connectivity index (χ1) is 15.8. The highest BCUT2D eigenvalue weighted by molar-refractivity contribution is 7.99. The van der Waals surface area contributed by atoms with Gasteiger partial charge in [-0.1, -0.05) is 11.6 Å². The van der Waals surface area contributed by atoms with Crippen molar-refractivity contribution in [1.29, 1.82) is 0 Å². The Morgan fingerprint density at radius 2 is 2.06 bits per heavy atom. The van der Waals surface area contributed by atoms with Gasteiger partial charge in [0.2, 0.25) is 0 Å². The van der Waals surface area contributed by atoms with E-state index in [0.717, 1.165) is 54.0 Å². The van der Waals surface area contributed by atoms with Crippen LogP contribution in [0.5, 0.6) is 5.75 Å². The van der Waals surface area contributed by atoms with Gasteiger partial charge in [-0.25, -0.2) is 4.79 Å². The van der Waals surface area contributed by atoms with Gasteiger partial charge in [-0.3, -0.25) is 4.79 Å². The molecule has 0 spiro atoms. The van der Waals surface area contributed by atoms with E-state index in [1.165, 1.54) is 0 Å². The molecule has 2 aromatic rings. The number of hydrogen-bond donors (Lipinski definition) is 0. The summed E-state index contributed by atoms with van der Waals surface area (Å²) in [7, 11) is 0. The molecular formula is C25H28ClNO5S. The minimum absolute atomic E-state index is 0.0518. The van der Waals surface area contributed by atoms with Gasteiger partial charge in [-0.2, -0.15) is 0 Å². The summed E-state index contributed by atoms with van der Waals surface area (Å²) in [6.07, 6.45) is 3.71. The molecule has 0 amide bonds. The topological polar surface area (TPSA) is 66.8 Å². The summed E-state index contributed by atoms with van der Waals surface area (Å²) in [6.45, 7) is 6.91. The van der Waals surface area contributed by atoms with E-state index in [9.17, 15) is 9.59 Å². The van der Waals surface area contributed by atoms with Crippen LogP contribution in [0.4, 0.5) is 0 Å². The molecule has 1 saturated carbocycles. The van der Waals surface area contributed by atoms with E-state index in [-0.39, 0.29) is 34.6 Å². The molecule has 1 aliphatic carbocycles. The number of nitrogens with zero attached hydrogens (tertiary/aromatic N) is 1. The van der Waals surface area contributed by atoms with Crippen LogP contribution < -0.4 is 10.3 Å². The van der Waals surface area contributed by atoms with E-state index >= 15 is 0 Å². The molecule has 1 aromatic heterocycles. The van der Waals surface area contributed by atoms with E-state index in [2.05, 4.69) is 6.92 Å². The molecule has 3 heterocycles. The smallest absolute Gasteiger partial charge is 0.344 e. The number of carbonyl (C=O) groups is 1. The molecule has 5 rings (SSSR count). The van der Waals surface area contributed by atoms with Crippen molar-refractivity contribution < 1.29 is 19.0 Å². The van der Waals surface area contributed by atoms with Crippen LogP contribution in [0.3, 0.4) is 0 Å². The fraction of sp³-hybridized carbons (Fsp3) is 0.520. The van der Waals surface area contributed by atoms with E-state index in [1.54, 1.807) is 36.2 Å². The van der Waals surface area contributed by atoms with E-state index in [1.807, 2.05) is 12.1 Å². The molecule has 2 aliphatic heterocycles. The predicted octanol–water partition coefficient (Wildman–Crippen LogP) is 5.79. The van der Waals surface area contributed by atoms with Gasteiger partial charge in [0.25, 0.3) is 5.56 Å². The highest BCUT2D eigenvalue weighted by atomic mass is 35.5. The van der Waals surface area contributed by atoms with Gasteiger partial charge in [0.05, 0.1) is 22.9 Å². The Kier molecular flexibility index (Phi) is 6.23. The maximum Gasteiger partial charge on any atom is 0.344 e. The number of pyridine rings is 1. The molecule has 2 atom stereocenters. The summed E-state index contributed by atoms with van der Waals surface area (Å²) in [5, 5.41) is 0.557. The lowest BCUT2D eigenvalue weighted by Gasteiger charge is -2.29. The Balaban J connectivity index is 1.58. The van der Waals surface area contributed by atoms with Crippen LogP contribution >= 0.6 is 23.4 Å². The van der Waals surface area contributed by atoms with Crippen molar-refractivity contribution in [3.8, 4) is 17.0 Å². The van der Waals surface area contributed by atoms with Gasteiger partial charge in [0.15, 0.2) is 0 Å². The fourth-order valence-electron chi connectivity index (χ4n) is 4.50. The zero-order chi connectivity index (χ0) is 23.3. The van der Waals surface area contributed by atoms with Gasteiger partial charge in [-0.15, -0.1) is 11.8 Å². The maximum absolute atomic E-state index is 13.4. The highest BCUT2D eigenvalue weighted by Gasteiger charge is 2.36. The SMILES string of the molecule is CC(C)OC(=O)c1cc2c(n(C3CC3)c1=O)-c1cc(Cl)c(OCC3CCCO3)cc1SC2C. The zero-order valence-electron chi connectivity index (χ0n) is 19.1. The van der Waals surface area contributed by atoms with Crippen molar-refractivity contribution in [2.24, 2.45) is 0 Å². The van der Waals surface area contributed by atoms with Crippen molar-refractivity contribution in [3.05, 3.63) is 44.7 Å². The largest absolute Gasteiger partial charge is 0.489 e. The number of rotatable bonds is 6. The summed E-state index contributed by atoms with van der Waals surface area (Å²) in [5.41, 5.74) is 2.54. The first kappa shape index (κ1) is 22.8. The Labute approximate surface area is 202 Å². The number of benzene rings is 1. The number of hydrogen-bond acceptors (Lipinski definition) is 6. The van der Waals surface area contributed by atoms with E-state index in [0.29, 0.717) is 17.4 Å². The Hall–Kier alpha value is -1.96. The summed E-state index contributed by atoms with van der Waals surface area (Å²) in [6, 6.07) is 5.68. The minimum Gasteiger partial charge on any atom is -0.489 e. The number of fused-ring (bicyclic) bond motifs is 3. The zero-order valence-corrected chi connectivity index (χ0v) is 20.6. The van der Waals surface area contributed by atoms with Crippen molar-refractivity contribution in [2.45, 2.75) is 74.8 Å². The molecule has 1 aromatic carbocycles. The minimum atomic E-state index is -0.564. The Morgan fingerprint density at radius 3 is 2.73 bits per heavy atom. The molecule has 33 heavy (non-hydrogen) atoms. The predicted molar refractivity (Wildman–Crippen MR) is 129 cm³/mol. The molecule has 0 N–H and O–H groups in total. The van der Waals surface area contributed by atoms with Crippen LogP contribution in [0.25, 0.3) is 11.3 Å². The second-order valence-electron chi connectivity index (χ2n) is 9.21. The molecule has 0 bridgehead atoms. The average Bonchev–Trinajstić information content (AvgIpc) is 3.46. The second-order valence-corrected chi connectivity index (χ2v) is 11.0. The lowest BCUT2D eigenvalue weighted by molar-refractivity contribution is 0.0375. The van der Waals surface area contributed by atoms with Crippen LogP contribution in [0, 0.1) is 0 Å². The molecule has 2 unspecified atom stereocenters. The number of esters is 1. The van der Waals surface area contributed by atoms with Crippen LogP contribution in [0.15, 0.2) is 27.9 Å². The monoisotopic (exact) mass is 489 g/mol. The van der Waals surface area contributed by atoms with Crippen molar-refractivity contribution in [2.75, 3.05) is 13.2 Å². The quantitative estimate of drug-likeness (QED) is 0.478. The van der Waals surface area contributed by atoms with E-state index in [4.69, 9.17) is 25.8 Å². The molecular weight excluding hydrogens is 462 g/mol. The van der Waals surface area contributed by atoms with Crippen molar-refractivity contribution >= 4 is 29.3 Å². The van der Waals surface area contributed by atoms with Gasteiger partial charge < -0.3 is 18.8 Å². The summed E-state index contributed by atoms with van der Waals surface area (Å²) in [5.74, 6) is 0.0672. The molecule has 0 radical (unpaired) electrons. The standard InChI is InChI=1S/C25H28ClNO5S/c1-13(2)32-25(29)19-9-17-14(3)33-22-11-21(31-12-16-5-4-8-30-16)20(26)10-18(22)23(17)27(24(19)28)15-6-7-15/h9-11,13-16H,4-8,12H2,1-3H3. The lowest BCUT2D eigenvalue weighted by atomic mass is 9.99. The molecule has 6 nitrogen and oxygen atoms in total. The van der Waals surface area contributed by atoms with Crippen molar-refractivity contribution in [1.82, 2.24) is 4.57 Å². The lowest BCUT2D eigenvalue weighted by Crippen LogP contribution is -2.31. The van der Waals surface area contributed by atoms with E-state index < -0.39 is 5.97 Å². The van der Waals surface area contributed by atoms with Crippen LogP contribution in [-0.4, -0.2) is 36.0 Å². The Bertz CT molecular complexity index is 1150. The molecule has 1 saturated heterocycles.